The topological polar surface area (TPSA) is 35.5 Å². The molecule has 20 heavy (non-hydrogen) atoms. The van der Waals surface area contributed by atoms with Crippen molar-refractivity contribution in [3.63, 3.8) is 0 Å². The van der Waals surface area contributed by atoms with Crippen molar-refractivity contribution in [2.24, 2.45) is 0 Å². The number of rotatable bonds is 7. The molecule has 1 aromatic carbocycles. The van der Waals surface area contributed by atoms with Gasteiger partial charge >= 0.3 is 5.97 Å². The fraction of sp³-hybridized carbons (Fsp3) is 0.588. The van der Waals surface area contributed by atoms with Gasteiger partial charge in [-0.3, -0.25) is 0 Å². The Morgan fingerprint density at radius 2 is 1.85 bits per heavy atom. The van der Waals surface area contributed by atoms with Gasteiger partial charge in [-0.1, -0.05) is 50.1 Å². The van der Waals surface area contributed by atoms with Crippen LogP contribution in [0, 0.1) is 0 Å². The van der Waals surface area contributed by atoms with Gasteiger partial charge in [0, 0.05) is 0 Å². The molecule has 0 aliphatic rings. The number of ether oxygens (including phenoxy) is 2. The molecular formula is C17H26O3. The van der Waals surface area contributed by atoms with E-state index in [0.29, 0.717) is 13.0 Å². The van der Waals surface area contributed by atoms with E-state index in [1.54, 1.807) is 0 Å². The smallest absolute Gasteiger partial charge is 0.335 e. The molecule has 0 heterocycles. The maximum atomic E-state index is 12.1. The lowest BCUT2D eigenvalue weighted by molar-refractivity contribution is -0.170. The summed E-state index contributed by atoms with van der Waals surface area (Å²) in [7, 11) is 0. The number of benzene rings is 1. The summed E-state index contributed by atoms with van der Waals surface area (Å²) < 4.78 is 11.2. The number of hydrogen-bond donors (Lipinski definition) is 0. The summed E-state index contributed by atoms with van der Waals surface area (Å²) in [6.07, 6.45) is 2.22. The first-order valence-corrected chi connectivity index (χ1v) is 7.31. The number of unbranched alkanes of at least 4 members (excludes halogenated alkanes) is 1. The molecule has 0 bridgehead atoms. The molecule has 0 spiro atoms. The number of carbonyl (C=O) groups is 1. The van der Waals surface area contributed by atoms with Crippen molar-refractivity contribution in [2.45, 2.75) is 65.3 Å². The lowest BCUT2D eigenvalue weighted by Gasteiger charge is -2.24. The van der Waals surface area contributed by atoms with Gasteiger partial charge in [-0.15, -0.1) is 0 Å². The van der Waals surface area contributed by atoms with E-state index in [9.17, 15) is 4.79 Å². The summed E-state index contributed by atoms with van der Waals surface area (Å²) in [4.78, 5) is 12.1. The molecule has 0 fully saturated rings. The molecule has 1 atom stereocenters. The van der Waals surface area contributed by atoms with E-state index in [-0.39, 0.29) is 5.97 Å². The molecule has 3 nitrogen and oxygen atoms in total. The molecular weight excluding hydrogens is 252 g/mol. The minimum absolute atomic E-state index is 0.262. The summed E-state index contributed by atoms with van der Waals surface area (Å²) in [5.74, 6) is -0.262. The van der Waals surface area contributed by atoms with Crippen LogP contribution in [0.4, 0.5) is 0 Å². The predicted molar refractivity (Wildman–Crippen MR) is 80.4 cm³/mol. The van der Waals surface area contributed by atoms with Crippen molar-refractivity contribution >= 4 is 5.97 Å². The van der Waals surface area contributed by atoms with Gasteiger partial charge in [0.05, 0.1) is 6.61 Å². The molecule has 0 saturated carbocycles. The van der Waals surface area contributed by atoms with E-state index in [2.05, 4.69) is 6.92 Å². The van der Waals surface area contributed by atoms with Gasteiger partial charge in [-0.2, -0.15) is 0 Å². The van der Waals surface area contributed by atoms with Crippen LogP contribution in [-0.2, 0) is 20.9 Å². The molecule has 0 amide bonds. The second-order valence-corrected chi connectivity index (χ2v) is 5.96. The molecule has 1 unspecified atom stereocenters. The van der Waals surface area contributed by atoms with Gasteiger partial charge in [-0.25, -0.2) is 4.79 Å². The number of hydrogen-bond acceptors (Lipinski definition) is 3. The average Bonchev–Trinajstić information content (AvgIpc) is 2.38. The first-order chi connectivity index (χ1) is 9.42. The Morgan fingerprint density at radius 3 is 2.40 bits per heavy atom. The minimum atomic E-state index is -0.477. The SMILES string of the molecule is CCCCC(OCc1ccccc1)C(=O)OC(C)(C)C. The lowest BCUT2D eigenvalue weighted by atomic mass is 10.1. The monoisotopic (exact) mass is 278 g/mol. The second kappa shape index (κ2) is 8.05. The van der Waals surface area contributed by atoms with Crippen LogP contribution in [0.25, 0.3) is 0 Å². The van der Waals surface area contributed by atoms with E-state index >= 15 is 0 Å². The van der Waals surface area contributed by atoms with Crippen molar-refractivity contribution in [1.82, 2.24) is 0 Å². The van der Waals surface area contributed by atoms with E-state index in [1.165, 1.54) is 0 Å². The zero-order valence-electron chi connectivity index (χ0n) is 13.0. The maximum absolute atomic E-state index is 12.1. The molecule has 0 aromatic heterocycles. The fourth-order valence-corrected chi connectivity index (χ4v) is 1.80. The van der Waals surface area contributed by atoms with Gasteiger partial charge in [0.15, 0.2) is 6.10 Å². The summed E-state index contributed by atoms with van der Waals surface area (Å²) in [6, 6.07) is 9.88. The van der Waals surface area contributed by atoms with Crippen LogP contribution >= 0.6 is 0 Å². The van der Waals surface area contributed by atoms with Crippen LogP contribution in [0.1, 0.15) is 52.5 Å². The zero-order valence-corrected chi connectivity index (χ0v) is 13.0. The van der Waals surface area contributed by atoms with Gasteiger partial charge in [0.25, 0.3) is 0 Å². The Balaban J connectivity index is 2.57. The zero-order chi connectivity index (χ0) is 15.0. The number of carbonyl (C=O) groups excluding carboxylic acids is 1. The van der Waals surface area contributed by atoms with E-state index in [1.807, 2.05) is 51.1 Å². The summed E-state index contributed by atoms with van der Waals surface area (Å²) >= 11 is 0. The Bertz CT molecular complexity index is 392. The standard InChI is InChI=1S/C17H26O3/c1-5-6-12-15(16(18)20-17(2,3)4)19-13-14-10-8-7-9-11-14/h7-11,15H,5-6,12-13H2,1-4H3. The van der Waals surface area contributed by atoms with Crippen molar-refractivity contribution in [3.8, 4) is 0 Å². The highest BCUT2D eigenvalue weighted by Gasteiger charge is 2.25. The van der Waals surface area contributed by atoms with Crippen LogP contribution in [0.3, 0.4) is 0 Å². The van der Waals surface area contributed by atoms with Crippen LogP contribution in [0.5, 0.6) is 0 Å². The molecule has 0 aliphatic heterocycles. The predicted octanol–water partition coefficient (Wildman–Crippen LogP) is 4.10. The van der Waals surface area contributed by atoms with Gasteiger partial charge in [0.1, 0.15) is 5.60 Å². The van der Waals surface area contributed by atoms with Crippen molar-refractivity contribution in [2.75, 3.05) is 0 Å². The van der Waals surface area contributed by atoms with Crippen LogP contribution in [0.15, 0.2) is 30.3 Å². The summed E-state index contributed by atoms with van der Waals surface area (Å²) in [5.41, 5.74) is 0.593. The highest BCUT2D eigenvalue weighted by Crippen LogP contribution is 2.15. The third-order valence-corrected chi connectivity index (χ3v) is 2.78. The van der Waals surface area contributed by atoms with Crippen LogP contribution < -0.4 is 0 Å². The lowest BCUT2D eigenvalue weighted by Crippen LogP contribution is -2.33. The largest absolute Gasteiger partial charge is 0.458 e. The van der Waals surface area contributed by atoms with E-state index in [4.69, 9.17) is 9.47 Å². The average molecular weight is 278 g/mol. The normalized spacial score (nSPS) is 13.0. The molecule has 0 radical (unpaired) electrons. The van der Waals surface area contributed by atoms with E-state index in [0.717, 1.165) is 18.4 Å². The Morgan fingerprint density at radius 1 is 1.20 bits per heavy atom. The van der Waals surface area contributed by atoms with Crippen molar-refractivity contribution < 1.29 is 14.3 Å². The quantitative estimate of drug-likeness (QED) is 0.704. The second-order valence-electron chi connectivity index (χ2n) is 5.96. The van der Waals surface area contributed by atoms with Gasteiger partial charge in [-0.05, 0) is 32.8 Å². The molecule has 112 valence electrons. The third kappa shape index (κ3) is 6.71. The first-order valence-electron chi connectivity index (χ1n) is 7.31. The molecule has 3 heteroatoms. The van der Waals surface area contributed by atoms with Gasteiger partial charge in [0.2, 0.25) is 0 Å². The fourth-order valence-electron chi connectivity index (χ4n) is 1.80. The van der Waals surface area contributed by atoms with E-state index < -0.39 is 11.7 Å². The number of esters is 1. The van der Waals surface area contributed by atoms with Gasteiger partial charge < -0.3 is 9.47 Å². The van der Waals surface area contributed by atoms with Crippen molar-refractivity contribution in [1.29, 1.82) is 0 Å². The van der Waals surface area contributed by atoms with Crippen LogP contribution in [0.2, 0.25) is 0 Å². The Kier molecular flexibility index (Phi) is 6.73. The highest BCUT2D eigenvalue weighted by atomic mass is 16.6. The Labute approximate surface area is 122 Å². The summed E-state index contributed by atoms with van der Waals surface area (Å²) in [5, 5.41) is 0. The Hall–Kier alpha value is -1.35. The summed E-state index contributed by atoms with van der Waals surface area (Å²) in [6.45, 7) is 8.16. The molecule has 1 rings (SSSR count). The minimum Gasteiger partial charge on any atom is -0.458 e. The molecule has 1 aromatic rings. The molecule has 0 saturated heterocycles. The highest BCUT2D eigenvalue weighted by molar-refractivity contribution is 5.75. The van der Waals surface area contributed by atoms with Crippen molar-refractivity contribution in [3.05, 3.63) is 35.9 Å². The third-order valence-electron chi connectivity index (χ3n) is 2.78. The maximum Gasteiger partial charge on any atom is 0.335 e. The first kappa shape index (κ1) is 16.7. The molecule has 0 N–H and O–H groups in total. The van der Waals surface area contributed by atoms with Crippen LogP contribution in [-0.4, -0.2) is 17.7 Å². The molecule has 0 aliphatic carbocycles.